The minimum atomic E-state index is -0.298. The SMILES string of the molecule is CCCCOC(=O)c1ccnn1C. The summed E-state index contributed by atoms with van der Waals surface area (Å²) in [5.74, 6) is -0.298. The van der Waals surface area contributed by atoms with Crippen LogP contribution in [0.3, 0.4) is 0 Å². The van der Waals surface area contributed by atoms with E-state index in [4.69, 9.17) is 4.74 Å². The number of rotatable bonds is 4. The van der Waals surface area contributed by atoms with Gasteiger partial charge in [0.2, 0.25) is 0 Å². The lowest BCUT2D eigenvalue weighted by molar-refractivity contribution is 0.0487. The maximum atomic E-state index is 11.3. The van der Waals surface area contributed by atoms with Crippen molar-refractivity contribution in [3.05, 3.63) is 18.0 Å². The largest absolute Gasteiger partial charge is 0.461 e. The average molecular weight is 182 g/mol. The lowest BCUT2D eigenvalue weighted by Crippen LogP contribution is -2.11. The van der Waals surface area contributed by atoms with Crippen molar-refractivity contribution < 1.29 is 9.53 Å². The molecule has 0 aromatic carbocycles. The van der Waals surface area contributed by atoms with E-state index in [1.165, 1.54) is 4.68 Å². The van der Waals surface area contributed by atoms with Gasteiger partial charge in [-0.25, -0.2) is 4.79 Å². The zero-order valence-corrected chi connectivity index (χ0v) is 7.99. The lowest BCUT2D eigenvalue weighted by Gasteiger charge is -2.02. The fourth-order valence-corrected chi connectivity index (χ4v) is 0.957. The normalized spacial score (nSPS) is 10.0. The van der Waals surface area contributed by atoms with E-state index >= 15 is 0 Å². The summed E-state index contributed by atoms with van der Waals surface area (Å²) in [6, 6.07) is 1.65. The molecule has 0 atom stereocenters. The van der Waals surface area contributed by atoms with Gasteiger partial charge in [-0.3, -0.25) is 4.68 Å². The van der Waals surface area contributed by atoms with Gasteiger partial charge in [0.15, 0.2) is 0 Å². The first kappa shape index (κ1) is 9.77. The zero-order chi connectivity index (χ0) is 9.68. The monoisotopic (exact) mass is 182 g/mol. The number of hydrogen-bond donors (Lipinski definition) is 0. The summed E-state index contributed by atoms with van der Waals surface area (Å²) < 4.78 is 6.52. The Kier molecular flexibility index (Phi) is 3.49. The topological polar surface area (TPSA) is 44.1 Å². The number of unbranched alkanes of at least 4 members (excludes halogenated alkanes) is 1. The molecule has 4 nitrogen and oxygen atoms in total. The number of esters is 1. The molecule has 1 rings (SSSR count). The van der Waals surface area contributed by atoms with E-state index in [1.54, 1.807) is 19.3 Å². The second-order valence-electron chi connectivity index (χ2n) is 2.83. The van der Waals surface area contributed by atoms with Crippen LogP contribution in [0.25, 0.3) is 0 Å². The van der Waals surface area contributed by atoms with E-state index in [1.807, 2.05) is 0 Å². The summed E-state index contributed by atoms with van der Waals surface area (Å²) in [5, 5.41) is 3.88. The molecule has 4 heteroatoms. The van der Waals surface area contributed by atoms with Crippen molar-refractivity contribution in [3.8, 4) is 0 Å². The Hall–Kier alpha value is -1.32. The number of carbonyl (C=O) groups excluding carboxylic acids is 1. The van der Waals surface area contributed by atoms with E-state index in [-0.39, 0.29) is 5.97 Å². The Balaban J connectivity index is 2.45. The van der Waals surface area contributed by atoms with E-state index in [0.717, 1.165) is 12.8 Å². The van der Waals surface area contributed by atoms with Crippen molar-refractivity contribution >= 4 is 5.97 Å². The molecule has 1 heterocycles. The van der Waals surface area contributed by atoms with Gasteiger partial charge in [0.1, 0.15) is 5.69 Å². The van der Waals surface area contributed by atoms with E-state index < -0.39 is 0 Å². The highest BCUT2D eigenvalue weighted by molar-refractivity contribution is 5.87. The van der Waals surface area contributed by atoms with Gasteiger partial charge in [-0.15, -0.1) is 0 Å². The lowest BCUT2D eigenvalue weighted by atomic mass is 10.3. The summed E-state index contributed by atoms with van der Waals surface area (Å²) >= 11 is 0. The Morgan fingerprint density at radius 3 is 3.00 bits per heavy atom. The Morgan fingerprint density at radius 1 is 1.69 bits per heavy atom. The Labute approximate surface area is 77.5 Å². The number of nitrogens with zero attached hydrogens (tertiary/aromatic N) is 2. The van der Waals surface area contributed by atoms with Gasteiger partial charge in [-0.2, -0.15) is 5.10 Å². The molecule has 0 radical (unpaired) electrons. The van der Waals surface area contributed by atoms with Crippen LogP contribution in [0.5, 0.6) is 0 Å². The molecule has 0 N–H and O–H groups in total. The molecule has 1 aromatic rings. The second-order valence-corrected chi connectivity index (χ2v) is 2.83. The zero-order valence-electron chi connectivity index (χ0n) is 7.99. The van der Waals surface area contributed by atoms with Crippen molar-refractivity contribution in [3.63, 3.8) is 0 Å². The van der Waals surface area contributed by atoms with Gasteiger partial charge in [0.05, 0.1) is 6.61 Å². The van der Waals surface area contributed by atoms with Crippen molar-refractivity contribution in [2.24, 2.45) is 7.05 Å². The molecule has 0 saturated carbocycles. The number of carbonyl (C=O) groups is 1. The van der Waals surface area contributed by atoms with Crippen LogP contribution in [0.4, 0.5) is 0 Å². The standard InChI is InChI=1S/C9H14N2O2/c1-3-4-7-13-9(12)8-5-6-10-11(8)2/h5-6H,3-4,7H2,1-2H3. The molecular weight excluding hydrogens is 168 g/mol. The van der Waals surface area contributed by atoms with Gasteiger partial charge >= 0.3 is 5.97 Å². The summed E-state index contributed by atoms with van der Waals surface area (Å²) in [6.07, 6.45) is 3.51. The van der Waals surface area contributed by atoms with Crippen LogP contribution in [0.15, 0.2) is 12.3 Å². The minimum absolute atomic E-state index is 0.298. The molecule has 1 aromatic heterocycles. The quantitative estimate of drug-likeness (QED) is 0.522. The number of aromatic nitrogens is 2. The van der Waals surface area contributed by atoms with Gasteiger partial charge in [-0.05, 0) is 12.5 Å². The third kappa shape index (κ3) is 2.57. The van der Waals surface area contributed by atoms with Crippen LogP contribution in [0.2, 0.25) is 0 Å². The van der Waals surface area contributed by atoms with Crippen LogP contribution in [0.1, 0.15) is 30.3 Å². The van der Waals surface area contributed by atoms with E-state index in [0.29, 0.717) is 12.3 Å². The first-order valence-corrected chi connectivity index (χ1v) is 4.41. The van der Waals surface area contributed by atoms with Gasteiger partial charge in [-0.1, -0.05) is 13.3 Å². The molecule has 0 spiro atoms. The Morgan fingerprint density at radius 2 is 2.46 bits per heavy atom. The van der Waals surface area contributed by atoms with Gasteiger partial charge in [0, 0.05) is 13.2 Å². The molecule has 0 fully saturated rings. The van der Waals surface area contributed by atoms with Gasteiger partial charge < -0.3 is 4.74 Å². The molecule has 0 aliphatic carbocycles. The highest BCUT2D eigenvalue weighted by Crippen LogP contribution is 2.00. The third-order valence-corrected chi connectivity index (χ3v) is 1.76. The van der Waals surface area contributed by atoms with Crippen molar-refractivity contribution in [2.45, 2.75) is 19.8 Å². The maximum Gasteiger partial charge on any atom is 0.356 e. The van der Waals surface area contributed by atoms with Crippen molar-refractivity contribution in [2.75, 3.05) is 6.61 Å². The number of aryl methyl sites for hydroxylation is 1. The summed E-state index contributed by atoms with van der Waals surface area (Å²) in [5.41, 5.74) is 0.496. The Bertz CT molecular complexity index is 281. The molecule has 0 aliphatic rings. The maximum absolute atomic E-state index is 11.3. The predicted octanol–water partition coefficient (Wildman–Crippen LogP) is 1.38. The molecule has 0 aliphatic heterocycles. The van der Waals surface area contributed by atoms with E-state index in [2.05, 4.69) is 12.0 Å². The summed E-state index contributed by atoms with van der Waals surface area (Å²) in [6.45, 7) is 2.54. The number of hydrogen-bond acceptors (Lipinski definition) is 3. The van der Waals surface area contributed by atoms with Crippen LogP contribution < -0.4 is 0 Å². The highest BCUT2D eigenvalue weighted by atomic mass is 16.5. The van der Waals surface area contributed by atoms with Crippen molar-refractivity contribution in [1.29, 1.82) is 0 Å². The molecule has 0 amide bonds. The first-order valence-electron chi connectivity index (χ1n) is 4.41. The highest BCUT2D eigenvalue weighted by Gasteiger charge is 2.09. The molecule has 0 saturated heterocycles. The fourth-order valence-electron chi connectivity index (χ4n) is 0.957. The van der Waals surface area contributed by atoms with Crippen LogP contribution in [0, 0.1) is 0 Å². The molecule has 13 heavy (non-hydrogen) atoms. The van der Waals surface area contributed by atoms with Crippen LogP contribution in [-0.4, -0.2) is 22.4 Å². The molecule has 72 valence electrons. The first-order chi connectivity index (χ1) is 6.25. The van der Waals surface area contributed by atoms with Crippen molar-refractivity contribution in [1.82, 2.24) is 9.78 Å². The fraction of sp³-hybridized carbons (Fsp3) is 0.556. The number of ether oxygens (including phenoxy) is 1. The minimum Gasteiger partial charge on any atom is -0.461 e. The summed E-state index contributed by atoms with van der Waals surface area (Å²) in [7, 11) is 1.72. The second kappa shape index (κ2) is 4.64. The molecular formula is C9H14N2O2. The molecule has 0 unspecified atom stereocenters. The van der Waals surface area contributed by atoms with Gasteiger partial charge in [0.25, 0.3) is 0 Å². The van der Waals surface area contributed by atoms with Crippen LogP contribution >= 0.6 is 0 Å². The molecule has 0 bridgehead atoms. The van der Waals surface area contributed by atoms with E-state index in [9.17, 15) is 4.79 Å². The third-order valence-electron chi connectivity index (χ3n) is 1.76. The summed E-state index contributed by atoms with van der Waals surface area (Å²) in [4.78, 5) is 11.3. The predicted molar refractivity (Wildman–Crippen MR) is 48.4 cm³/mol. The average Bonchev–Trinajstić information content (AvgIpc) is 2.52. The smallest absolute Gasteiger partial charge is 0.356 e. The van der Waals surface area contributed by atoms with Crippen LogP contribution in [-0.2, 0) is 11.8 Å².